The Kier molecular flexibility index (Phi) is 4.14. The Labute approximate surface area is 107 Å². The van der Waals surface area contributed by atoms with Crippen LogP contribution in [0.15, 0.2) is 18.2 Å². The Morgan fingerprint density at radius 1 is 1.50 bits per heavy atom. The van der Waals surface area contributed by atoms with Gasteiger partial charge in [-0.15, -0.1) is 0 Å². The molecule has 0 fully saturated rings. The van der Waals surface area contributed by atoms with Gasteiger partial charge in [0, 0.05) is 3.57 Å². The quantitative estimate of drug-likeness (QED) is 0.801. The standard InChI is InChI=1S/C9H10INO4S/c1-6-4-7(10)2-3-8(6)11-16(14,15)5-9(12)13/h2-4,11H,5H2,1H3,(H,12,13). The second-order valence-electron chi connectivity index (χ2n) is 3.21. The summed E-state index contributed by atoms with van der Waals surface area (Å²) in [6.45, 7) is 1.75. The van der Waals surface area contributed by atoms with Gasteiger partial charge in [0.1, 0.15) is 0 Å². The van der Waals surface area contributed by atoms with Crippen LogP contribution in [0, 0.1) is 10.5 Å². The number of sulfonamides is 1. The monoisotopic (exact) mass is 355 g/mol. The molecule has 5 nitrogen and oxygen atoms in total. The average molecular weight is 355 g/mol. The summed E-state index contributed by atoms with van der Waals surface area (Å²) < 4.78 is 25.9. The zero-order valence-electron chi connectivity index (χ0n) is 8.40. The molecule has 1 rings (SSSR count). The van der Waals surface area contributed by atoms with E-state index in [0.717, 1.165) is 9.13 Å². The van der Waals surface area contributed by atoms with Crippen molar-refractivity contribution in [2.24, 2.45) is 0 Å². The molecule has 16 heavy (non-hydrogen) atoms. The van der Waals surface area contributed by atoms with Gasteiger partial charge in [-0.2, -0.15) is 0 Å². The highest BCUT2D eigenvalue weighted by atomic mass is 127. The first-order valence-electron chi connectivity index (χ1n) is 4.28. The number of halogens is 1. The van der Waals surface area contributed by atoms with Crippen molar-refractivity contribution < 1.29 is 18.3 Å². The van der Waals surface area contributed by atoms with E-state index in [9.17, 15) is 13.2 Å². The molecule has 0 aliphatic carbocycles. The van der Waals surface area contributed by atoms with Crippen molar-refractivity contribution >= 4 is 44.3 Å². The number of aliphatic carboxylic acids is 1. The first kappa shape index (κ1) is 13.2. The summed E-state index contributed by atoms with van der Waals surface area (Å²) in [5.74, 6) is -2.31. The summed E-state index contributed by atoms with van der Waals surface area (Å²) in [6.07, 6.45) is 0. The van der Waals surface area contributed by atoms with E-state index in [1.807, 2.05) is 0 Å². The number of benzene rings is 1. The zero-order chi connectivity index (χ0) is 12.3. The van der Waals surface area contributed by atoms with Crippen molar-refractivity contribution in [3.05, 3.63) is 27.3 Å². The number of carboxylic acid groups (broad SMARTS) is 1. The van der Waals surface area contributed by atoms with Crippen LogP contribution in [0.25, 0.3) is 0 Å². The van der Waals surface area contributed by atoms with E-state index in [1.54, 1.807) is 25.1 Å². The van der Waals surface area contributed by atoms with Crippen molar-refractivity contribution in [2.45, 2.75) is 6.92 Å². The van der Waals surface area contributed by atoms with Crippen LogP contribution < -0.4 is 4.72 Å². The van der Waals surface area contributed by atoms with Crippen molar-refractivity contribution in [2.75, 3.05) is 10.5 Å². The van der Waals surface area contributed by atoms with Crippen molar-refractivity contribution in [1.82, 2.24) is 0 Å². The fourth-order valence-corrected chi connectivity index (χ4v) is 2.72. The van der Waals surface area contributed by atoms with Gasteiger partial charge in [0.15, 0.2) is 5.75 Å². The number of aryl methyl sites for hydroxylation is 1. The first-order chi connectivity index (χ1) is 7.30. The van der Waals surface area contributed by atoms with Gasteiger partial charge in [-0.25, -0.2) is 8.42 Å². The molecule has 0 atom stereocenters. The van der Waals surface area contributed by atoms with Gasteiger partial charge >= 0.3 is 5.97 Å². The Morgan fingerprint density at radius 3 is 2.62 bits per heavy atom. The molecule has 0 aliphatic heterocycles. The Hall–Kier alpha value is -0.830. The molecular formula is C9H10INO4S. The van der Waals surface area contributed by atoms with Gasteiger partial charge in [-0.3, -0.25) is 9.52 Å². The van der Waals surface area contributed by atoms with E-state index < -0.39 is 21.7 Å². The van der Waals surface area contributed by atoms with Crippen LogP contribution in [0.3, 0.4) is 0 Å². The molecule has 0 radical (unpaired) electrons. The Bertz CT molecular complexity index is 512. The zero-order valence-corrected chi connectivity index (χ0v) is 11.4. The van der Waals surface area contributed by atoms with Crippen LogP contribution in [-0.2, 0) is 14.8 Å². The molecule has 0 saturated heterocycles. The number of nitrogens with one attached hydrogen (secondary N) is 1. The molecule has 0 unspecified atom stereocenters. The van der Waals surface area contributed by atoms with Gasteiger partial charge in [0.25, 0.3) is 0 Å². The minimum Gasteiger partial charge on any atom is -0.480 e. The number of anilines is 1. The fourth-order valence-electron chi connectivity index (χ4n) is 1.11. The van der Waals surface area contributed by atoms with E-state index in [4.69, 9.17) is 5.11 Å². The summed E-state index contributed by atoms with van der Waals surface area (Å²) in [5.41, 5.74) is 1.16. The first-order valence-corrected chi connectivity index (χ1v) is 7.02. The molecule has 0 aromatic heterocycles. The van der Waals surface area contributed by atoms with Crippen LogP contribution in [0.4, 0.5) is 5.69 Å². The predicted octanol–water partition coefficient (Wildman–Crippen LogP) is 1.43. The van der Waals surface area contributed by atoms with Crippen LogP contribution >= 0.6 is 22.6 Å². The molecule has 1 aromatic carbocycles. The largest absolute Gasteiger partial charge is 0.480 e. The highest BCUT2D eigenvalue weighted by Crippen LogP contribution is 2.18. The summed E-state index contributed by atoms with van der Waals surface area (Å²) >= 11 is 2.11. The van der Waals surface area contributed by atoms with Crippen LogP contribution in [-0.4, -0.2) is 25.2 Å². The second-order valence-corrected chi connectivity index (χ2v) is 6.18. The predicted molar refractivity (Wildman–Crippen MR) is 68.9 cm³/mol. The third kappa shape index (κ3) is 3.97. The number of rotatable bonds is 4. The van der Waals surface area contributed by atoms with Crippen molar-refractivity contribution in [3.8, 4) is 0 Å². The van der Waals surface area contributed by atoms with E-state index in [2.05, 4.69) is 27.3 Å². The second kappa shape index (κ2) is 5.00. The molecular weight excluding hydrogens is 345 g/mol. The molecule has 88 valence electrons. The Morgan fingerprint density at radius 2 is 2.12 bits per heavy atom. The molecule has 1 aromatic rings. The molecule has 7 heteroatoms. The average Bonchev–Trinajstić information content (AvgIpc) is 2.07. The van der Waals surface area contributed by atoms with Gasteiger partial charge in [-0.1, -0.05) is 0 Å². The maximum absolute atomic E-state index is 11.4. The van der Waals surface area contributed by atoms with Gasteiger partial charge in [0.2, 0.25) is 10.0 Å². The highest BCUT2D eigenvalue weighted by molar-refractivity contribution is 14.1. The maximum atomic E-state index is 11.4. The number of hydrogen-bond acceptors (Lipinski definition) is 3. The topological polar surface area (TPSA) is 83.5 Å². The fraction of sp³-hybridized carbons (Fsp3) is 0.222. The van der Waals surface area contributed by atoms with E-state index in [1.165, 1.54) is 0 Å². The minimum atomic E-state index is -3.82. The lowest BCUT2D eigenvalue weighted by molar-refractivity contribution is -0.134. The van der Waals surface area contributed by atoms with Crippen LogP contribution in [0.2, 0.25) is 0 Å². The van der Waals surface area contributed by atoms with Gasteiger partial charge < -0.3 is 5.11 Å². The molecule has 0 saturated carbocycles. The molecule has 0 bridgehead atoms. The van der Waals surface area contributed by atoms with Gasteiger partial charge in [-0.05, 0) is 53.3 Å². The number of carboxylic acids is 1. The number of carbonyl (C=O) groups is 1. The molecule has 2 N–H and O–H groups in total. The van der Waals surface area contributed by atoms with E-state index >= 15 is 0 Å². The summed E-state index contributed by atoms with van der Waals surface area (Å²) in [5, 5.41) is 8.42. The van der Waals surface area contributed by atoms with E-state index in [-0.39, 0.29) is 0 Å². The molecule has 0 amide bonds. The Balaban J connectivity index is 2.92. The van der Waals surface area contributed by atoms with Crippen molar-refractivity contribution in [3.63, 3.8) is 0 Å². The minimum absolute atomic E-state index is 0.404. The smallest absolute Gasteiger partial charge is 0.320 e. The lowest BCUT2D eigenvalue weighted by Crippen LogP contribution is -2.22. The third-order valence-corrected chi connectivity index (χ3v) is 3.60. The van der Waals surface area contributed by atoms with Crippen molar-refractivity contribution in [1.29, 1.82) is 0 Å². The lowest BCUT2D eigenvalue weighted by atomic mass is 10.2. The van der Waals surface area contributed by atoms with Crippen LogP contribution in [0.5, 0.6) is 0 Å². The summed E-state index contributed by atoms with van der Waals surface area (Å²) in [7, 11) is -3.82. The third-order valence-electron chi connectivity index (χ3n) is 1.77. The molecule has 0 spiro atoms. The van der Waals surface area contributed by atoms with E-state index in [0.29, 0.717) is 5.69 Å². The summed E-state index contributed by atoms with van der Waals surface area (Å²) in [4.78, 5) is 10.3. The molecule has 0 aliphatic rings. The molecule has 0 heterocycles. The maximum Gasteiger partial charge on any atom is 0.320 e. The SMILES string of the molecule is Cc1cc(I)ccc1NS(=O)(=O)CC(=O)O. The lowest BCUT2D eigenvalue weighted by Gasteiger charge is -2.09. The summed E-state index contributed by atoms with van der Waals surface area (Å²) in [6, 6.07) is 5.15. The van der Waals surface area contributed by atoms with Crippen LogP contribution in [0.1, 0.15) is 5.56 Å². The van der Waals surface area contributed by atoms with Gasteiger partial charge in [0.05, 0.1) is 5.69 Å². The highest BCUT2D eigenvalue weighted by Gasteiger charge is 2.16. The normalized spacial score (nSPS) is 11.1. The number of hydrogen-bond donors (Lipinski definition) is 2.